The van der Waals surface area contributed by atoms with Crippen LogP contribution in [0.15, 0.2) is 54.6 Å². The Hall–Kier alpha value is -2.79. The number of aromatic nitrogens is 2. The molecule has 3 aromatic rings. The second-order valence-electron chi connectivity index (χ2n) is 4.87. The van der Waals surface area contributed by atoms with Crippen molar-refractivity contribution >= 4 is 29.1 Å². The third-order valence-electron chi connectivity index (χ3n) is 3.23. The van der Waals surface area contributed by atoms with Crippen molar-refractivity contribution in [2.45, 2.75) is 0 Å². The Morgan fingerprint density at radius 3 is 2.48 bits per heavy atom. The first-order chi connectivity index (χ1) is 11.2. The first-order valence-corrected chi connectivity index (χ1v) is 7.41. The molecule has 0 bridgehead atoms. The van der Waals surface area contributed by atoms with Crippen molar-refractivity contribution in [3.05, 3.63) is 59.6 Å². The summed E-state index contributed by atoms with van der Waals surface area (Å²) in [6, 6.07) is 16.4. The van der Waals surface area contributed by atoms with Gasteiger partial charge in [0, 0.05) is 24.7 Å². The molecule has 0 saturated carbocycles. The fraction of sp³-hybridized carbons (Fsp3) is 0.0588. The Morgan fingerprint density at radius 2 is 1.78 bits per heavy atom. The average Bonchev–Trinajstić information content (AvgIpc) is 2.58. The predicted octanol–water partition coefficient (Wildman–Crippen LogP) is 4.29. The molecule has 0 amide bonds. The summed E-state index contributed by atoms with van der Waals surface area (Å²) in [7, 11) is 1.77. The van der Waals surface area contributed by atoms with E-state index in [0.29, 0.717) is 22.5 Å². The highest BCUT2D eigenvalue weighted by atomic mass is 35.5. The van der Waals surface area contributed by atoms with Crippen LogP contribution in [0.25, 0.3) is 11.3 Å². The van der Waals surface area contributed by atoms with Crippen LogP contribution in [0.5, 0.6) is 5.75 Å². The highest BCUT2D eigenvalue weighted by Crippen LogP contribution is 2.29. The number of phenols is 1. The molecule has 1 heterocycles. The van der Waals surface area contributed by atoms with Gasteiger partial charge in [-0.2, -0.15) is 4.98 Å². The van der Waals surface area contributed by atoms with E-state index in [1.165, 1.54) is 6.07 Å². The van der Waals surface area contributed by atoms with E-state index in [2.05, 4.69) is 20.6 Å². The number of nitrogens with zero attached hydrogens (tertiary/aromatic N) is 2. The van der Waals surface area contributed by atoms with Gasteiger partial charge in [0.05, 0.1) is 16.4 Å². The Morgan fingerprint density at radius 1 is 1.00 bits per heavy atom. The third kappa shape index (κ3) is 3.52. The van der Waals surface area contributed by atoms with E-state index in [9.17, 15) is 5.11 Å². The Balaban J connectivity index is 1.99. The molecule has 0 unspecified atom stereocenters. The lowest BCUT2D eigenvalue weighted by Gasteiger charge is -2.11. The first-order valence-electron chi connectivity index (χ1n) is 7.03. The fourth-order valence-electron chi connectivity index (χ4n) is 2.12. The molecule has 116 valence electrons. The number of aromatic hydroxyl groups is 1. The van der Waals surface area contributed by atoms with Gasteiger partial charge in [0.25, 0.3) is 0 Å². The molecule has 1 aromatic heterocycles. The molecular weight excluding hydrogens is 312 g/mol. The van der Waals surface area contributed by atoms with E-state index < -0.39 is 0 Å². The highest BCUT2D eigenvalue weighted by Gasteiger charge is 2.08. The van der Waals surface area contributed by atoms with Crippen LogP contribution in [0.3, 0.4) is 0 Å². The topological polar surface area (TPSA) is 70.1 Å². The highest BCUT2D eigenvalue weighted by molar-refractivity contribution is 6.33. The number of nitrogens with one attached hydrogen (secondary N) is 2. The van der Waals surface area contributed by atoms with Gasteiger partial charge < -0.3 is 15.7 Å². The van der Waals surface area contributed by atoms with Crippen LogP contribution in [-0.4, -0.2) is 22.1 Å². The zero-order valence-corrected chi connectivity index (χ0v) is 13.2. The quantitative estimate of drug-likeness (QED) is 0.624. The van der Waals surface area contributed by atoms with E-state index >= 15 is 0 Å². The number of phenolic OH excluding ortho intramolecular Hbond substituents is 1. The van der Waals surface area contributed by atoms with Gasteiger partial charge >= 0.3 is 0 Å². The maximum atomic E-state index is 9.43. The zero-order valence-electron chi connectivity index (χ0n) is 12.4. The summed E-state index contributed by atoms with van der Waals surface area (Å²) < 4.78 is 0. The Labute approximate surface area is 139 Å². The molecule has 0 fully saturated rings. The molecule has 0 aliphatic rings. The molecule has 0 atom stereocenters. The maximum Gasteiger partial charge on any atom is 0.224 e. The molecular formula is C17H15ClN4O. The minimum Gasteiger partial charge on any atom is -0.508 e. The summed E-state index contributed by atoms with van der Waals surface area (Å²) >= 11 is 6.13. The van der Waals surface area contributed by atoms with Crippen LogP contribution < -0.4 is 10.6 Å². The Kier molecular flexibility index (Phi) is 4.30. The number of hydrogen-bond donors (Lipinski definition) is 3. The van der Waals surface area contributed by atoms with Gasteiger partial charge in [0.1, 0.15) is 11.6 Å². The average molecular weight is 327 g/mol. The van der Waals surface area contributed by atoms with Crippen molar-refractivity contribution in [3.63, 3.8) is 0 Å². The van der Waals surface area contributed by atoms with Crippen molar-refractivity contribution in [3.8, 4) is 17.0 Å². The van der Waals surface area contributed by atoms with E-state index in [4.69, 9.17) is 11.6 Å². The maximum absolute atomic E-state index is 9.43. The summed E-state index contributed by atoms with van der Waals surface area (Å²) in [6.07, 6.45) is 0. The lowest BCUT2D eigenvalue weighted by Crippen LogP contribution is -2.02. The fourth-order valence-corrected chi connectivity index (χ4v) is 2.35. The lowest BCUT2D eigenvalue weighted by atomic mass is 10.1. The number of rotatable bonds is 4. The molecule has 3 N–H and O–H groups in total. The minimum atomic E-state index is 0.115. The van der Waals surface area contributed by atoms with Crippen LogP contribution in [0.2, 0.25) is 5.02 Å². The van der Waals surface area contributed by atoms with Crippen LogP contribution in [0.4, 0.5) is 17.5 Å². The van der Waals surface area contributed by atoms with Crippen molar-refractivity contribution in [2.75, 3.05) is 17.7 Å². The number of anilines is 3. The van der Waals surface area contributed by atoms with Crippen molar-refractivity contribution in [1.82, 2.24) is 9.97 Å². The van der Waals surface area contributed by atoms with Crippen molar-refractivity contribution in [1.29, 1.82) is 0 Å². The van der Waals surface area contributed by atoms with Gasteiger partial charge in [-0.25, -0.2) is 4.98 Å². The van der Waals surface area contributed by atoms with Gasteiger partial charge in [-0.3, -0.25) is 0 Å². The van der Waals surface area contributed by atoms with Crippen LogP contribution in [0, 0.1) is 0 Å². The summed E-state index contributed by atoms with van der Waals surface area (Å²) in [5.41, 5.74) is 2.44. The van der Waals surface area contributed by atoms with E-state index in [-0.39, 0.29) is 5.75 Å². The molecule has 3 rings (SSSR count). The minimum absolute atomic E-state index is 0.115. The van der Waals surface area contributed by atoms with Crippen molar-refractivity contribution < 1.29 is 5.11 Å². The zero-order chi connectivity index (χ0) is 16.2. The second kappa shape index (κ2) is 6.54. The monoisotopic (exact) mass is 326 g/mol. The molecule has 0 aliphatic heterocycles. The molecule has 0 aliphatic carbocycles. The second-order valence-corrected chi connectivity index (χ2v) is 5.27. The summed E-state index contributed by atoms with van der Waals surface area (Å²) in [4.78, 5) is 8.85. The van der Waals surface area contributed by atoms with E-state index in [1.807, 2.05) is 36.4 Å². The largest absolute Gasteiger partial charge is 0.508 e. The normalized spacial score (nSPS) is 10.3. The van der Waals surface area contributed by atoms with Gasteiger partial charge in [-0.05, 0) is 12.1 Å². The van der Waals surface area contributed by atoms with Crippen LogP contribution in [0.1, 0.15) is 0 Å². The van der Waals surface area contributed by atoms with E-state index in [0.717, 1.165) is 11.3 Å². The molecule has 5 nitrogen and oxygen atoms in total. The number of hydrogen-bond acceptors (Lipinski definition) is 5. The molecule has 2 aromatic carbocycles. The molecule has 23 heavy (non-hydrogen) atoms. The summed E-state index contributed by atoms with van der Waals surface area (Å²) in [5, 5.41) is 15.9. The third-order valence-corrected chi connectivity index (χ3v) is 3.55. The van der Waals surface area contributed by atoms with Crippen LogP contribution >= 0.6 is 11.6 Å². The van der Waals surface area contributed by atoms with Gasteiger partial charge in [-0.1, -0.05) is 41.9 Å². The first kappa shape index (κ1) is 15.1. The lowest BCUT2D eigenvalue weighted by molar-refractivity contribution is 0.475. The standard InChI is InChI=1S/C17H15ClN4O/c1-19-17-21-15(11-5-3-2-4-6-11)10-16(22-17)20-14-8-7-12(23)9-13(14)18/h2-10,23H,1H3,(H2,19,20,21,22). The molecule has 0 radical (unpaired) electrons. The van der Waals surface area contributed by atoms with Gasteiger partial charge in [0.2, 0.25) is 5.95 Å². The van der Waals surface area contributed by atoms with Gasteiger partial charge in [0.15, 0.2) is 0 Å². The molecule has 6 heteroatoms. The summed E-state index contributed by atoms with van der Waals surface area (Å²) in [5.74, 6) is 1.23. The predicted molar refractivity (Wildman–Crippen MR) is 93.4 cm³/mol. The van der Waals surface area contributed by atoms with E-state index in [1.54, 1.807) is 19.2 Å². The summed E-state index contributed by atoms with van der Waals surface area (Å²) in [6.45, 7) is 0. The number of benzene rings is 2. The van der Waals surface area contributed by atoms with Gasteiger partial charge in [-0.15, -0.1) is 0 Å². The Bertz CT molecular complexity index is 824. The molecule has 0 spiro atoms. The van der Waals surface area contributed by atoms with Crippen molar-refractivity contribution in [2.24, 2.45) is 0 Å². The smallest absolute Gasteiger partial charge is 0.224 e. The SMILES string of the molecule is CNc1nc(Nc2ccc(O)cc2Cl)cc(-c2ccccc2)n1. The molecule has 0 saturated heterocycles. The number of halogens is 1. The van der Waals surface area contributed by atoms with Crippen LogP contribution in [-0.2, 0) is 0 Å².